The van der Waals surface area contributed by atoms with Crippen LogP contribution in [0.5, 0.6) is 0 Å². The molecule has 1 aliphatic heterocycles. The average Bonchev–Trinajstić information content (AvgIpc) is 1.78. The summed E-state index contributed by atoms with van der Waals surface area (Å²) in [5, 5.41) is 0. The molecule has 1 saturated heterocycles. The third kappa shape index (κ3) is 1.86. The van der Waals surface area contributed by atoms with Crippen LogP contribution >= 0.6 is 9.21 Å². The van der Waals surface area contributed by atoms with E-state index >= 15 is 0 Å². The molecule has 0 N–H and O–H groups in total. The Morgan fingerprint density at radius 1 is 1.22 bits per heavy atom. The van der Waals surface area contributed by atoms with Gasteiger partial charge in [-0.15, -0.1) is 0 Å². The maximum Gasteiger partial charge on any atom is 0.134 e. The molecule has 0 saturated carbocycles. The molecule has 1 heterocycles. The summed E-state index contributed by atoms with van der Waals surface area (Å²) in [7, 11) is -0.837. The Hall–Kier alpha value is -0.240. The predicted octanol–water partition coefficient (Wildman–Crippen LogP) is 1.02. The van der Waals surface area contributed by atoms with Gasteiger partial charge in [0, 0.05) is 12.8 Å². The van der Waals surface area contributed by atoms with Gasteiger partial charge < -0.3 is 0 Å². The molecule has 1 nitrogen and oxygen atoms in total. The van der Waals surface area contributed by atoms with E-state index in [1.165, 1.54) is 0 Å². The number of hydrogen-bond acceptors (Lipinski definition) is 1. The molecule has 1 rings (SSSR count). The maximum absolute atomic E-state index is 10.7. The van der Waals surface area contributed by atoms with Gasteiger partial charge in [-0.3, -0.25) is 4.79 Å². The first-order valence-electron chi connectivity index (χ1n) is 3.07. The molecule has 0 spiro atoms. The second kappa shape index (κ2) is 2.18. The van der Waals surface area contributed by atoms with Gasteiger partial charge >= 0.3 is 0 Å². The maximum atomic E-state index is 10.7. The van der Waals surface area contributed by atoms with Crippen LogP contribution in [-0.4, -0.2) is 29.0 Å². The number of carbonyl (C=O) groups excluding carboxylic acids is 1. The molecular weight excluding hydrogens is 132 g/mol. The summed E-state index contributed by atoms with van der Waals surface area (Å²) in [5.41, 5.74) is 0. The molecule has 0 aromatic rings. The van der Waals surface area contributed by atoms with Crippen LogP contribution in [0, 0.1) is 0 Å². The molecule has 1 aliphatic rings. The number of hydrogen-bond donors (Lipinski definition) is 0. The van der Waals surface area contributed by atoms with E-state index in [-0.39, 0.29) is 0 Å². The van der Waals surface area contributed by atoms with E-state index in [0.29, 0.717) is 5.78 Å². The lowest BCUT2D eigenvalue weighted by atomic mass is 10.2. The van der Waals surface area contributed by atoms with Crippen LogP contribution < -0.4 is 0 Å². The second-order valence-electron chi connectivity index (χ2n) is 2.67. The van der Waals surface area contributed by atoms with Crippen molar-refractivity contribution >= 4 is 26.7 Å². The lowest BCUT2D eigenvalue weighted by Gasteiger charge is -2.18. The molecule has 1 fully saturated rings. The third-order valence-corrected chi connectivity index (χ3v) is 3.77. The summed E-state index contributed by atoms with van der Waals surface area (Å²) in [6.45, 7) is 0. The van der Waals surface area contributed by atoms with Crippen molar-refractivity contribution in [2.45, 2.75) is 12.8 Å². The van der Waals surface area contributed by atoms with Crippen LogP contribution in [0.1, 0.15) is 12.8 Å². The van der Waals surface area contributed by atoms with Crippen LogP contribution in [0.2, 0.25) is 0 Å². The molecule has 0 atom stereocenters. The van der Waals surface area contributed by atoms with Crippen molar-refractivity contribution in [2.75, 3.05) is 11.5 Å². The number of Topliss-reactive ketones (excluding diaryl/α,β-unsaturated/α-hetero) is 1. The fraction of sp³-hybridized carbons (Fsp3) is 0.571. The fourth-order valence-corrected chi connectivity index (χ4v) is 2.41. The molecule has 0 amide bonds. The van der Waals surface area contributed by atoms with Crippen molar-refractivity contribution in [3.63, 3.8) is 0 Å². The molecule has 52 valence electrons. The SMILES string of the molecule is C=S1(=C)CCC(=O)CC1. The highest BCUT2D eigenvalue weighted by Crippen LogP contribution is 2.26. The average molecular weight is 144 g/mol. The Morgan fingerprint density at radius 2 is 1.67 bits per heavy atom. The zero-order valence-electron chi connectivity index (χ0n) is 5.56. The molecule has 0 aliphatic carbocycles. The zero-order valence-corrected chi connectivity index (χ0v) is 6.38. The number of ketones is 1. The van der Waals surface area contributed by atoms with Crippen molar-refractivity contribution in [2.24, 2.45) is 0 Å². The molecule has 0 aromatic carbocycles. The van der Waals surface area contributed by atoms with E-state index < -0.39 is 9.21 Å². The van der Waals surface area contributed by atoms with E-state index in [1.807, 2.05) is 0 Å². The van der Waals surface area contributed by atoms with Gasteiger partial charge in [-0.05, 0) is 11.5 Å². The van der Waals surface area contributed by atoms with Crippen LogP contribution in [0.15, 0.2) is 0 Å². The zero-order chi connectivity index (χ0) is 6.91. The van der Waals surface area contributed by atoms with Crippen LogP contribution in [0.25, 0.3) is 0 Å². The quantitative estimate of drug-likeness (QED) is 0.464. The summed E-state index contributed by atoms with van der Waals surface area (Å²) < 4.78 is 0. The summed E-state index contributed by atoms with van der Waals surface area (Å²) >= 11 is 0. The van der Waals surface area contributed by atoms with E-state index in [1.54, 1.807) is 0 Å². The molecule has 0 unspecified atom stereocenters. The highest BCUT2D eigenvalue weighted by molar-refractivity contribution is 8.27. The van der Waals surface area contributed by atoms with Gasteiger partial charge in [-0.25, -0.2) is 9.21 Å². The number of carbonyl (C=O) groups is 1. The van der Waals surface area contributed by atoms with E-state index in [9.17, 15) is 4.79 Å². The van der Waals surface area contributed by atoms with Gasteiger partial charge in [0.2, 0.25) is 0 Å². The Labute approximate surface area is 56.6 Å². The monoisotopic (exact) mass is 144 g/mol. The molecule has 2 heteroatoms. The van der Waals surface area contributed by atoms with Gasteiger partial charge in [0.25, 0.3) is 0 Å². The highest BCUT2D eigenvalue weighted by Gasteiger charge is 2.11. The van der Waals surface area contributed by atoms with E-state index in [4.69, 9.17) is 0 Å². The Morgan fingerprint density at radius 3 is 2.00 bits per heavy atom. The predicted molar refractivity (Wildman–Crippen MR) is 45.8 cm³/mol. The van der Waals surface area contributed by atoms with Crippen LogP contribution in [-0.2, 0) is 4.79 Å². The molecule has 0 bridgehead atoms. The van der Waals surface area contributed by atoms with Crippen LogP contribution in [0.4, 0.5) is 0 Å². The minimum absolute atomic E-state index is 0.394. The lowest BCUT2D eigenvalue weighted by Crippen LogP contribution is -2.11. The smallest absolute Gasteiger partial charge is 0.134 e. The highest BCUT2D eigenvalue weighted by atomic mass is 32.2. The normalized spacial score (nSPS) is 26.0. The first-order valence-corrected chi connectivity index (χ1v) is 5.38. The van der Waals surface area contributed by atoms with Gasteiger partial charge in [-0.2, -0.15) is 0 Å². The fourth-order valence-electron chi connectivity index (χ4n) is 0.888. The summed E-state index contributed by atoms with van der Waals surface area (Å²) in [6, 6.07) is 0. The Kier molecular flexibility index (Phi) is 1.66. The van der Waals surface area contributed by atoms with Gasteiger partial charge in [-0.1, -0.05) is 11.7 Å². The molecule has 0 aromatic heterocycles. The van der Waals surface area contributed by atoms with Gasteiger partial charge in [0.15, 0.2) is 0 Å². The van der Waals surface area contributed by atoms with E-state index in [2.05, 4.69) is 11.7 Å². The minimum atomic E-state index is -0.837. The number of rotatable bonds is 0. The minimum Gasteiger partial charge on any atom is -0.300 e. The molecule has 9 heavy (non-hydrogen) atoms. The van der Waals surface area contributed by atoms with Gasteiger partial charge in [0.1, 0.15) is 5.78 Å². The van der Waals surface area contributed by atoms with Crippen molar-refractivity contribution in [1.29, 1.82) is 0 Å². The first-order chi connectivity index (χ1) is 4.10. The summed E-state index contributed by atoms with van der Waals surface area (Å²) in [6.07, 6.45) is 1.45. The van der Waals surface area contributed by atoms with Crippen molar-refractivity contribution in [3.8, 4) is 0 Å². The molecular formula is C7H12OS. The molecule has 0 radical (unpaired) electrons. The standard InChI is InChI=1S/C7H12OS/c1-9(2)5-3-7(8)4-6-9/h1-6H2. The first kappa shape index (κ1) is 6.87. The van der Waals surface area contributed by atoms with E-state index in [0.717, 1.165) is 24.3 Å². The van der Waals surface area contributed by atoms with Crippen molar-refractivity contribution < 1.29 is 4.79 Å². The van der Waals surface area contributed by atoms with Crippen molar-refractivity contribution in [3.05, 3.63) is 0 Å². The Balaban J connectivity index is 2.65. The largest absolute Gasteiger partial charge is 0.300 e. The Bertz CT molecular complexity index is 195. The summed E-state index contributed by atoms with van der Waals surface area (Å²) in [5.74, 6) is 10.3. The summed E-state index contributed by atoms with van der Waals surface area (Å²) in [4.78, 5) is 10.7. The van der Waals surface area contributed by atoms with Crippen molar-refractivity contribution in [1.82, 2.24) is 0 Å². The third-order valence-electron chi connectivity index (χ3n) is 1.63. The van der Waals surface area contributed by atoms with Gasteiger partial charge in [0.05, 0.1) is 0 Å². The topological polar surface area (TPSA) is 17.1 Å². The second-order valence-corrected chi connectivity index (χ2v) is 5.94. The lowest BCUT2D eigenvalue weighted by molar-refractivity contribution is -0.118. The van der Waals surface area contributed by atoms with Crippen LogP contribution in [0.3, 0.4) is 0 Å².